The number of para-hydroxylation sites is 2. The SMILES string of the molecule is BrCCCBr.CCOC(=O)C(=O)c1ccc(N2CCC2)cc1.Nc1ccccc1.O=C(N[C@H](CN1CCCC1)[C@H](O)c1ccc(OC2CC2)c(Cl)c1)C(=O)c1ccc(N2CCC2)cc1.O=C(O)C(=O)c1ccc(N2CCC2)cc1.c1ccc(N2CCC2)cc1. The van der Waals surface area contributed by atoms with Gasteiger partial charge in [-0.15, -0.1) is 0 Å². The number of esters is 1. The number of carboxylic acids is 1. The van der Waals surface area contributed by atoms with E-state index in [2.05, 4.69) is 96.7 Å². The Morgan fingerprint density at radius 3 is 1.36 bits per heavy atom. The number of amides is 1. The molecule has 12 rings (SSSR count). The lowest BCUT2D eigenvalue weighted by molar-refractivity contribution is -0.137. The number of nitrogen functional groups attached to an aromatic ring is 1. The fraction of sp³-hybridized carbons (Fsp3) is 0.391. The number of carbonyl (C=O) groups excluding carboxylic acids is 5. The molecule has 5 N–H and O–H groups in total. The third-order valence-corrected chi connectivity index (χ3v) is 16.8. The molecule has 0 aromatic heterocycles. The summed E-state index contributed by atoms with van der Waals surface area (Å²) in [5.41, 5.74) is 12.3. The number of hydrogen-bond donors (Lipinski definition) is 4. The Balaban J connectivity index is 0.000000173. The van der Waals surface area contributed by atoms with E-state index in [0.29, 0.717) is 34.0 Å². The van der Waals surface area contributed by atoms with E-state index in [0.717, 1.165) is 111 Å². The number of benzene rings is 6. The number of anilines is 5. The smallest absolute Gasteiger partial charge is 0.379 e. The number of Topliss-reactive ketones (excluding diaryl/α,β-unsaturated/α-hetero) is 3. The van der Waals surface area contributed by atoms with Crippen LogP contribution >= 0.6 is 43.5 Å². The fourth-order valence-electron chi connectivity index (χ4n) is 9.58. The van der Waals surface area contributed by atoms with Crippen LogP contribution < -0.4 is 35.4 Å². The Morgan fingerprint density at radius 1 is 0.573 bits per heavy atom. The van der Waals surface area contributed by atoms with Crippen molar-refractivity contribution in [1.29, 1.82) is 0 Å². The van der Waals surface area contributed by atoms with Gasteiger partial charge >= 0.3 is 11.9 Å². The Morgan fingerprint density at radius 2 is 1.00 bits per heavy atom. The second-order valence-electron chi connectivity index (χ2n) is 22.0. The van der Waals surface area contributed by atoms with E-state index in [4.69, 9.17) is 27.2 Å². The highest BCUT2D eigenvalue weighted by molar-refractivity contribution is 9.09. The third kappa shape index (κ3) is 22.0. The van der Waals surface area contributed by atoms with Crippen molar-refractivity contribution in [2.24, 2.45) is 0 Å². The molecule has 1 saturated carbocycles. The van der Waals surface area contributed by atoms with E-state index >= 15 is 0 Å². The Bertz CT molecular complexity index is 3180. The van der Waals surface area contributed by atoms with Crippen molar-refractivity contribution in [3.63, 3.8) is 0 Å². The van der Waals surface area contributed by atoms with Gasteiger partial charge in [-0.2, -0.15) is 0 Å². The highest BCUT2D eigenvalue weighted by Crippen LogP contribution is 2.35. The van der Waals surface area contributed by atoms with Crippen molar-refractivity contribution in [3.8, 4) is 5.75 Å². The molecule has 6 aliphatic rings. The van der Waals surface area contributed by atoms with Gasteiger partial charge in [-0.1, -0.05) is 85.9 Å². The van der Waals surface area contributed by atoms with E-state index in [1.54, 1.807) is 73.7 Å². The van der Waals surface area contributed by atoms with Crippen LogP contribution in [0.3, 0.4) is 0 Å². The molecule has 0 bridgehead atoms. The highest BCUT2D eigenvalue weighted by atomic mass is 79.9. The van der Waals surface area contributed by atoms with Crippen LogP contribution in [0.4, 0.5) is 28.4 Å². The maximum absolute atomic E-state index is 13.0. The molecule has 1 aliphatic carbocycles. The Kier molecular flexibility index (Phi) is 28.3. The minimum atomic E-state index is -1.41. The topological polar surface area (TPSA) is 216 Å². The van der Waals surface area contributed by atoms with E-state index in [1.165, 1.54) is 50.9 Å². The lowest BCUT2D eigenvalue weighted by Crippen LogP contribution is -2.48. The molecular weight excluding hydrogens is 1280 g/mol. The van der Waals surface area contributed by atoms with Gasteiger partial charge in [0.1, 0.15) is 11.9 Å². The molecule has 474 valence electrons. The molecule has 1 amide bonds. The number of likely N-dealkylation sites (tertiary alicyclic amines) is 1. The zero-order valence-corrected chi connectivity index (χ0v) is 54.5. The fourth-order valence-corrected chi connectivity index (χ4v) is 11.1. The average molecular weight is 1360 g/mol. The number of halogens is 3. The van der Waals surface area contributed by atoms with Gasteiger partial charge < -0.3 is 55.2 Å². The van der Waals surface area contributed by atoms with Crippen molar-refractivity contribution in [2.45, 2.75) is 83.0 Å². The molecule has 5 aliphatic heterocycles. The molecule has 17 nitrogen and oxygen atoms in total. The molecule has 0 radical (unpaired) electrons. The molecule has 5 saturated heterocycles. The molecule has 5 heterocycles. The predicted octanol–water partition coefficient (Wildman–Crippen LogP) is 11.7. The van der Waals surface area contributed by atoms with Gasteiger partial charge in [0, 0.05) is 115 Å². The Labute approximate surface area is 544 Å². The first-order valence-electron chi connectivity index (χ1n) is 30.6. The van der Waals surface area contributed by atoms with E-state index < -0.39 is 47.3 Å². The number of nitrogens with one attached hydrogen (secondary N) is 1. The van der Waals surface area contributed by atoms with Crippen LogP contribution in [0.15, 0.2) is 152 Å². The van der Waals surface area contributed by atoms with Crippen LogP contribution in [0.25, 0.3) is 0 Å². The van der Waals surface area contributed by atoms with Gasteiger partial charge in [0.25, 0.3) is 17.5 Å². The maximum atomic E-state index is 13.0. The third-order valence-electron chi connectivity index (χ3n) is 15.4. The molecule has 20 heteroatoms. The normalized spacial score (nSPS) is 15.9. The van der Waals surface area contributed by atoms with Crippen LogP contribution in [0, 0.1) is 0 Å². The molecule has 6 aromatic rings. The number of ether oxygens (including phenoxy) is 2. The summed E-state index contributed by atoms with van der Waals surface area (Å²) in [5, 5.41) is 25.2. The van der Waals surface area contributed by atoms with Gasteiger partial charge in [-0.25, -0.2) is 9.59 Å². The van der Waals surface area contributed by atoms with Crippen molar-refractivity contribution in [2.75, 3.05) is 115 Å². The van der Waals surface area contributed by atoms with Crippen LogP contribution in [-0.4, -0.2) is 152 Å². The van der Waals surface area contributed by atoms with Crippen LogP contribution in [0.1, 0.15) is 107 Å². The molecule has 0 unspecified atom stereocenters. The quantitative estimate of drug-likeness (QED) is 0.0184. The first-order chi connectivity index (χ1) is 43.1. The number of ketones is 3. The van der Waals surface area contributed by atoms with Gasteiger partial charge in [0.15, 0.2) is 0 Å². The first-order valence-corrected chi connectivity index (χ1v) is 33.3. The number of carboxylic acid groups (broad SMARTS) is 1. The number of alkyl halides is 2. The number of aliphatic hydroxyl groups excluding tert-OH is 1. The maximum Gasteiger partial charge on any atom is 0.379 e. The van der Waals surface area contributed by atoms with Crippen LogP contribution in [-0.2, 0) is 19.1 Å². The highest BCUT2D eigenvalue weighted by Gasteiger charge is 2.31. The molecule has 6 fully saturated rings. The second-order valence-corrected chi connectivity index (χ2v) is 24.0. The lowest BCUT2D eigenvalue weighted by atomic mass is 10.0. The summed E-state index contributed by atoms with van der Waals surface area (Å²) in [6, 6.07) is 45.5. The largest absolute Gasteiger partial charge is 0.489 e. The summed E-state index contributed by atoms with van der Waals surface area (Å²) in [6.45, 7) is 12.9. The molecule has 0 spiro atoms. The summed E-state index contributed by atoms with van der Waals surface area (Å²) in [6.07, 6.45) is 9.57. The summed E-state index contributed by atoms with van der Waals surface area (Å²) in [7, 11) is 0. The second kappa shape index (κ2) is 36.4. The van der Waals surface area contributed by atoms with E-state index in [1.807, 2.05) is 54.6 Å². The molecular formula is C69H82Br2ClN7O10. The van der Waals surface area contributed by atoms with E-state index in [-0.39, 0.29) is 18.3 Å². The van der Waals surface area contributed by atoms with Gasteiger partial charge in [-0.3, -0.25) is 19.2 Å². The number of hydrogen-bond acceptors (Lipinski definition) is 15. The number of rotatable bonds is 20. The predicted molar refractivity (Wildman–Crippen MR) is 361 cm³/mol. The zero-order valence-electron chi connectivity index (χ0n) is 50.5. The minimum absolute atomic E-state index is 0.219. The first kappa shape index (κ1) is 69.2. The van der Waals surface area contributed by atoms with Gasteiger partial charge in [0.05, 0.1) is 23.8 Å². The van der Waals surface area contributed by atoms with E-state index in [9.17, 15) is 33.9 Å². The summed E-state index contributed by atoms with van der Waals surface area (Å²) < 4.78 is 10.5. The molecule has 6 aromatic carbocycles. The van der Waals surface area contributed by atoms with Crippen LogP contribution in [0.2, 0.25) is 5.02 Å². The molecule has 89 heavy (non-hydrogen) atoms. The zero-order chi connectivity index (χ0) is 63.5. The summed E-state index contributed by atoms with van der Waals surface area (Å²) >= 11 is 13.0. The summed E-state index contributed by atoms with van der Waals surface area (Å²) in [5.74, 6) is -4.36. The van der Waals surface area contributed by atoms with Crippen molar-refractivity contribution >= 4 is 107 Å². The average Bonchev–Trinajstić information content (AvgIpc) is 2.88. The van der Waals surface area contributed by atoms with Gasteiger partial charge in [-0.05, 0) is 193 Å². The Hall–Kier alpha value is -7.29. The van der Waals surface area contributed by atoms with Crippen molar-refractivity contribution in [1.82, 2.24) is 10.2 Å². The van der Waals surface area contributed by atoms with Crippen molar-refractivity contribution in [3.05, 3.63) is 179 Å². The monoisotopic (exact) mass is 1360 g/mol. The number of aliphatic carboxylic acids is 1. The lowest BCUT2D eigenvalue weighted by Gasteiger charge is -2.33. The van der Waals surface area contributed by atoms with Gasteiger partial charge in [0.2, 0.25) is 5.78 Å². The molecule has 2 atom stereocenters. The number of aliphatic hydroxyl groups is 1. The number of nitrogens with two attached hydrogens (primary N) is 1. The van der Waals surface area contributed by atoms with Crippen LogP contribution in [0.5, 0.6) is 5.75 Å². The van der Waals surface area contributed by atoms with Crippen molar-refractivity contribution < 1.29 is 48.5 Å². The standard InChI is InChI=1S/C27H32ClN3O4.C13H15NO3.C11H11NO3.C9H11N.C6H7N.C3H6Br2/c28-22-16-19(6-11-24(22)35-21-9-10-21)25(32)23(17-30-12-1-2-13-30)29-27(34)26(33)18-4-7-20(8-5-18)31-14-3-15-31;1-2-17-13(16)12(15)10-4-6-11(7-5-10)14-8-3-9-14;13-10(11(14)15)8-2-4-9(5-3-8)12-6-1-7-12;1-2-5-9(6-3-1)10-7-4-8-10;7-6-4-2-1-3-5-6;4-2-1-3-5/h4-8,11,16,21,23,25,32H,1-3,9-10,12-15,17H2,(H,29,34);4-7H,2-3,8-9H2,1H3;2-5H,1,6-7H2,(H,14,15);1-3,5-6H,4,7-8H2;1-5H,7H2;1-3H2/t23-,25-;;;;;/m1...../s1. The number of nitrogens with zero attached hydrogens (tertiary/aromatic N) is 5. The summed E-state index contributed by atoms with van der Waals surface area (Å²) in [4.78, 5) is 81.4. The minimum Gasteiger partial charge on any atom is -0.489 e. The number of carbonyl (C=O) groups is 6.